The highest BCUT2D eigenvalue weighted by Gasteiger charge is 2.38. The van der Waals surface area contributed by atoms with Gasteiger partial charge in [-0.25, -0.2) is 4.39 Å². The van der Waals surface area contributed by atoms with Crippen LogP contribution in [0.3, 0.4) is 0 Å². The molecule has 1 unspecified atom stereocenters. The molecule has 8 nitrogen and oxygen atoms in total. The minimum Gasteiger partial charge on any atom is -0.383 e. The Bertz CT molecular complexity index is 1690. The van der Waals surface area contributed by atoms with Gasteiger partial charge in [0.05, 0.1) is 27.9 Å². The lowest BCUT2D eigenvalue weighted by molar-refractivity contribution is 0.260. The van der Waals surface area contributed by atoms with Gasteiger partial charge in [-0.1, -0.05) is 39.0 Å². The van der Waals surface area contributed by atoms with Crippen LogP contribution >= 0.6 is 0 Å². The molecule has 10 heteroatoms. The van der Waals surface area contributed by atoms with E-state index >= 15 is 0 Å². The number of pyridine rings is 2. The van der Waals surface area contributed by atoms with Gasteiger partial charge in [0, 0.05) is 59.6 Å². The van der Waals surface area contributed by atoms with Crippen molar-refractivity contribution in [2.45, 2.75) is 45.1 Å². The molecule has 0 bridgehead atoms. The Labute approximate surface area is 246 Å². The summed E-state index contributed by atoms with van der Waals surface area (Å²) < 4.78 is 14.0. The molecule has 1 aliphatic heterocycles. The van der Waals surface area contributed by atoms with Crippen LogP contribution in [0.4, 0.5) is 15.8 Å². The van der Waals surface area contributed by atoms with Crippen molar-refractivity contribution >= 4 is 30.1 Å². The standard InChI is InChI=1S/C32H32BFN8/c1-31(2,3)19-38-29-21(15-35)17-37-30-26(20-5-4-12-36-16-20)13-24(14-27(29)30)39-32(33,22-6-8-23(34)9-7-22)28-18-42(41-40-28)25-10-11-25/h4-9,12-14,16-18,25,39-41H,10-11,19H2,1-3H3,(H,37,38). The van der Waals surface area contributed by atoms with Crippen molar-refractivity contribution in [1.29, 1.82) is 5.26 Å². The van der Waals surface area contributed by atoms with E-state index in [9.17, 15) is 9.65 Å². The van der Waals surface area contributed by atoms with Gasteiger partial charge in [0.15, 0.2) is 0 Å². The molecule has 1 aliphatic carbocycles. The Kier molecular flexibility index (Phi) is 6.99. The molecule has 0 spiro atoms. The predicted octanol–water partition coefficient (Wildman–Crippen LogP) is 5.53. The largest absolute Gasteiger partial charge is 0.383 e. The molecule has 4 aromatic rings. The Morgan fingerprint density at radius 1 is 1.14 bits per heavy atom. The van der Waals surface area contributed by atoms with Gasteiger partial charge >= 0.3 is 0 Å². The number of hydrogen-bond donors (Lipinski definition) is 4. The summed E-state index contributed by atoms with van der Waals surface area (Å²) >= 11 is 0. The van der Waals surface area contributed by atoms with Crippen molar-refractivity contribution in [3.63, 3.8) is 0 Å². The number of rotatable bonds is 8. The van der Waals surface area contributed by atoms with E-state index in [0.717, 1.165) is 34.9 Å². The molecular weight excluding hydrogens is 526 g/mol. The highest BCUT2D eigenvalue weighted by Crippen LogP contribution is 2.39. The number of nitriles is 1. The minimum atomic E-state index is -1.26. The number of nitrogens with zero attached hydrogens (tertiary/aromatic N) is 4. The number of hydrogen-bond acceptors (Lipinski definition) is 8. The van der Waals surface area contributed by atoms with Crippen molar-refractivity contribution < 1.29 is 4.39 Å². The van der Waals surface area contributed by atoms with Gasteiger partial charge in [-0.15, -0.1) is 5.53 Å². The Balaban J connectivity index is 1.53. The number of halogens is 1. The number of benzene rings is 2. The minimum absolute atomic E-state index is 0.0274. The molecule has 1 saturated carbocycles. The van der Waals surface area contributed by atoms with Crippen molar-refractivity contribution in [3.05, 3.63) is 96.0 Å². The Morgan fingerprint density at radius 3 is 2.60 bits per heavy atom. The topological polar surface area (TPSA) is 101 Å². The highest BCUT2D eigenvalue weighted by molar-refractivity contribution is 6.19. The average Bonchev–Trinajstić information content (AvgIpc) is 3.71. The zero-order valence-electron chi connectivity index (χ0n) is 23.9. The SMILES string of the molecule is [B]C(Nc1cc(-c2cccnc2)c2ncc(C#N)c(NCC(C)(C)C)c2c1)(C1=CN(C2CC2)NN1)c1ccc(F)cc1. The molecule has 0 saturated heterocycles. The van der Waals surface area contributed by atoms with E-state index in [4.69, 9.17) is 12.8 Å². The summed E-state index contributed by atoms with van der Waals surface area (Å²) in [7, 11) is 7.21. The molecule has 2 aliphatic rings. The normalized spacial score (nSPS) is 16.4. The van der Waals surface area contributed by atoms with Crippen LogP contribution in [0.1, 0.15) is 44.7 Å². The van der Waals surface area contributed by atoms with E-state index < -0.39 is 5.44 Å². The van der Waals surface area contributed by atoms with E-state index in [0.29, 0.717) is 40.8 Å². The first-order valence-corrected chi connectivity index (χ1v) is 14.0. The number of aromatic nitrogens is 2. The second kappa shape index (κ2) is 10.7. The maximum absolute atomic E-state index is 14.0. The van der Waals surface area contributed by atoms with Crippen molar-refractivity contribution in [1.82, 2.24) is 25.9 Å². The van der Waals surface area contributed by atoms with Gasteiger partial charge < -0.3 is 16.1 Å². The maximum atomic E-state index is 14.0. The lowest BCUT2D eigenvalue weighted by Crippen LogP contribution is -2.45. The molecule has 1 fully saturated rings. The van der Waals surface area contributed by atoms with Crippen LogP contribution in [0.5, 0.6) is 0 Å². The number of nitrogens with one attached hydrogen (secondary N) is 4. The smallest absolute Gasteiger partial charge is 0.123 e. The van der Waals surface area contributed by atoms with Crippen LogP contribution in [0, 0.1) is 22.6 Å². The van der Waals surface area contributed by atoms with Gasteiger partial charge in [-0.2, -0.15) is 5.26 Å². The van der Waals surface area contributed by atoms with Crippen molar-refractivity contribution in [3.8, 4) is 17.2 Å². The van der Waals surface area contributed by atoms with Crippen molar-refractivity contribution in [2.24, 2.45) is 5.41 Å². The Hall–Kier alpha value is -4.62. The number of hydrazine groups is 2. The van der Waals surface area contributed by atoms with Crippen LogP contribution < -0.4 is 21.6 Å². The van der Waals surface area contributed by atoms with Crippen LogP contribution in [-0.2, 0) is 5.44 Å². The molecule has 6 rings (SSSR count). The van der Waals surface area contributed by atoms with Gasteiger partial charge in [-0.3, -0.25) is 15.0 Å². The van der Waals surface area contributed by atoms with Gasteiger partial charge in [0.25, 0.3) is 0 Å². The van der Waals surface area contributed by atoms with Crippen LogP contribution in [0.25, 0.3) is 22.0 Å². The second-order valence-electron chi connectivity index (χ2n) is 12.1. The number of fused-ring (bicyclic) bond motifs is 1. The lowest BCUT2D eigenvalue weighted by atomic mass is 9.69. The second-order valence-corrected chi connectivity index (χ2v) is 12.1. The molecule has 4 N–H and O–H groups in total. The van der Waals surface area contributed by atoms with E-state index in [1.54, 1.807) is 30.7 Å². The average molecular weight is 558 g/mol. The predicted molar refractivity (Wildman–Crippen MR) is 164 cm³/mol. The van der Waals surface area contributed by atoms with Crippen LogP contribution in [0.15, 0.2) is 79.0 Å². The molecule has 3 heterocycles. The molecule has 2 aromatic heterocycles. The molecule has 0 amide bonds. The van der Waals surface area contributed by atoms with Gasteiger partial charge in [0.2, 0.25) is 0 Å². The molecule has 210 valence electrons. The third kappa shape index (κ3) is 5.48. The van der Waals surface area contributed by atoms with Crippen molar-refractivity contribution in [2.75, 3.05) is 17.2 Å². The first-order chi connectivity index (χ1) is 20.1. The fraction of sp³-hybridized carbons (Fsp3) is 0.281. The third-order valence-electron chi connectivity index (χ3n) is 7.45. The first kappa shape index (κ1) is 27.5. The zero-order valence-corrected chi connectivity index (χ0v) is 23.9. The van der Waals surface area contributed by atoms with Crippen LogP contribution in [0.2, 0.25) is 0 Å². The molecule has 42 heavy (non-hydrogen) atoms. The summed E-state index contributed by atoms with van der Waals surface area (Å²) in [4.78, 5) is 9.06. The number of anilines is 2. The first-order valence-electron chi connectivity index (χ1n) is 14.0. The van der Waals surface area contributed by atoms with Crippen LogP contribution in [-0.4, -0.2) is 35.4 Å². The molecular formula is C32H32BFN8. The summed E-state index contributed by atoms with van der Waals surface area (Å²) in [6, 6.07) is 16.7. The highest BCUT2D eigenvalue weighted by atomic mass is 19.1. The quantitative estimate of drug-likeness (QED) is 0.210. The Morgan fingerprint density at radius 2 is 1.93 bits per heavy atom. The fourth-order valence-electron chi connectivity index (χ4n) is 5.06. The lowest BCUT2D eigenvalue weighted by Gasteiger charge is -2.34. The molecule has 1 atom stereocenters. The molecule has 2 aromatic carbocycles. The van der Waals surface area contributed by atoms with Gasteiger partial charge in [-0.05, 0) is 54.2 Å². The summed E-state index contributed by atoms with van der Waals surface area (Å²) in [6.07, 6.45) is 9.27. The summed E-state index contributed by atoms with van der Waals surface area (Å²) in [6.45, 7) is 7.05. The van der Waals surface area contributed by atoms with E-state index in [-0.39, 0.29) is 11.2 Å². The molecule has 2 radical (unpaired) electrons. The monoisotopic (exact) mass is 558 g/mol. The zero-order chi connectivity index (χ0) is 29.5. The summed E-state index contributed by atoms with van der Waals surface area (Å²) in [5.41, 5.74) is 10.8. The van der Waals surface area contributed by atoms with Gasteiger partial charge in [0.1, 0.15) is 19.7 Å². The maximum Gasteiger partial charge on any atom is 0.123 e. The third-order valence-corrected chi connectivity index (χ3v) is 7.45. The van der Waals surface area contributed by atoms with E-state index in [1.165, 1.54) is 12.1 Å². The van der Waals surface area contributed by atoms with E-state index in [1.807, 2.05) is 35.5 Å². The van der Waals surface area contributed by atoms with E-state index in [2.05, 4.69) is 53.4 Å². The summed E-state index contributed by atoms with van der Waals surface area (Å²) in [5.74, 6) is -0.346. The summed E-state index contributed by atoms with van der Waals surface area (Å²) in [5, 5.41) is 19.9. The fourth-order valence-corrected chi connectivity index (χ4v) is 5.06.